The Morgan fingerprint density at radius 1 is 1.25 bits per heavy atom. The molecule has 6 nitrogen and oxygen atoms in total. The van der Waals surface area contributed by atoms with Gasteiger partial charge in [0, 0.05) is 18.2 Å². The van der Waals surface area contributed by atoms with Crippen LogP contribution >= 0.6 is 0 Å². The Balaban J connectivity index is 1.58. The third-order valence-corrected chi connectivity index (χ3v) is 4.60. The van der Waals surface area contributed by atoms with Gasteiger partial charge in [-0.2, -0.15) is 0 Å². The first kappa shape index (κ1) is 15.1. The molecule has 0 aliphatic carbocycles. The topological polar surface area (TPSA) is 64.8 Å². The SMILES string of the molecule is CC(C)c1cc([C@@H]2CCCN2C(=O)c2ccc3c(c2)OCO3)on1. The Morgan fingerprint density at radius 2 is 2.08 bits per heavy atom. The average Bonchev–Trinajstić information content (AvgIpc) is 3.31. The number of ether oxygens (including phenoxy) is 2. The van der Waals surface area contributed by atoms with Gasteiger partial charge in [0.05, 0.1) is 11.7 Å². The third-order valence-electron chi connectivity index (χ3n) is 4.60. The molecule has 1 atom stereocenters. The number of carbonyl (C=O) groups is 1. The molecule has 6 heteroatoms. The Morgan fingerprint density at radius 3 is 2.88 bits per heavy atom. The van der Waals surface area contributed by atoms with Gasteiger partial charge >= 0.3 is 0 Å². The van der Waals surface area contributed by atoms with Gasteiger partial charge in [-0.05, 0) is 37.0 Å². The molecule has 24 heavy (non-hydrogen) atoms. The van der Waals surface area contributed by atoms with Gasteiger partial charge in [-0.1, -0.05) is 19.0 Å². The van der Waals surface area contributed by atoms with Gasteiger partial charge in [0.1, 0.15) is 0 Å². The maximum atomic E-state index is 12.9. The zero-order valence-corrected chi connectivity index (χ0v) is 13.8. The molecule has 2 aliphatic rings. The van der Waals surface area contributed by atoms with Gasteiger partial charge in [-0.15, -0.1) is 0 Å². The zero-order valence-electron chi connectivity index (χ0n) is 13.8. The van der Waals surface area contributed by atoms with Crippen LogP contribution in [0.3, 0.4) is 0 Å². The van der Waals surface area contributed by atoms with Gasteiger partial charge in [0.2, 0.25) is 6.79 Å². The van der Waals surface area contributed by atoms with Gasteiger partial charge in [-0.25, -0.2) is 0 Å². The van der Waals surface area contributed by atoms with E-state index >= 15 is 0 Å². The first-order chi connectivity index (χ1) is 11.6. The number of rotatable bonds is 3. The van der Waals surface area contributed by atoms with Gasteiger partial charge in [0.15, 0.2) is 17.3 Å². The molecule has 0 N–H and O–H groups in total. The van der Waals surface area contributed by atoms with Crippen LogP contribution in [-0.2, 0) is 0 Å². The quantitative estimate of drug-likeness (QED) is 0.863. The number of aromatic nitrogens is 1. The predicted octanol–water partition coefficient (Wildman–Crippen LogP) is 3.50. The molecule has 1 fully saturated rings. The molecule has 0 unspecified atom stereocenters. The summed E-state index contributed by atoms with van der Waals surface area (Å²) in [4.78, 5) is 14.8. The van der Waals surface area contributed by atoms with Crippen molar-refractivity contribution in [3.63, 3.8) is 0 Å². The van der Waals surface area contributed by atoms with Gasteiger partial charge in [0.25, 0.3) is 5.91 Å². The fourth-order valence-electron chi connectivity index (χ4n) is 3.23. The molecule has 0 radical (unpaired) electrons. The number of benzene rings is 1. The second-order valence-electron chi connectivity index (χ2n) is 6.53. The first-order valence-electron chi connectivity index (χ1n) is 8.30. The normalized spacial score (nSPS) is 19.3. The lowest BCUT2D eigenvalue weighted by molar-refractivity contribution is 0.0714. The molecule has 1 saturated heterocycles. The van der Waals surface area contributed by atoms with Crippen molar-refractivity contribution in [1.82, 2.24) is 10.1 Å². The van der Waals surface area contributed by atoms with E-state index in [1.165, 1.54) is 0 Å². The molecule has 2 aromatic rings. The highest BCUT2D eigenvalue weighted by Crippen LogP contribution is 2.37. The fourth-order valence-corrected chi connectivity index (χ4v) is 3.23. The van der Waals surface area contributed by atoms with E-state index in [9.17, 15) is 4.79 Å². The number of hydrogen-bond acceptors (Lipinski definition) is 5. The molecule has 0 bridgehead atoms. The summed E-state index contributed by atoms with van der Waals surface area (Å²) in [7, 11) is 0. The molecule has 4 rings (SSSR count). The summed E-state index contributed by atoms with van der Waals surface area (Å²) < 4.78 is 16.2. The summed E-state index contributed by atoms with van der Waals surface area (Å²) in [5.41, 5.74) is 1.53. The van der Waals surface area contributed by atoms with Crippen LogP contribution in [0.5, 0.6) is 11.5 Å². The molecule has 3 heterocycles. The lowest BCUT2D eigenvalue weighted by atomic mass is 10.1. The minimum Gasteiger partial charge on any atom is -0.454 e. The molecule has 126 valence electrons. The van der Waals surface area contributed by atoms with Crippen molar-refractivity contribution in [2.75, 3.05) is 13.3 Å². The van der Waals surface area contributed by atoms with Crippen molar-refractivity contribution < 1.29 is 18.8 Å². The van der Waals surface area contributed by atoms with E-state index in [-0.39, 0.29) is 18.7 Å². The van der Waals surface area contributed by atoms with Crippen LogP contribution in [0.2, 0.25) is 0 Å². The van der Waals surface area contributed by atoms with Crippen LogP contribution in [0.4, 0.5) is 0 Å². The van der Waals surface area contributed by atoms with Crippen LogP contribution in [0.15, 0.2) is 28.8 Å². The second kappa shape index (κ2) is 5.85. The number of fused-ring (bicyclic) bond motifs is 1. The molecule has 0 spiro atoms. The number of hydrogen-bond donors (Lipinski definition) is 0. The summed E-state index contributed by atoms with van der Waals surface area (Å²) >= 11 is 0. The van der Waals surface area contributed by atoms with Crippen molar-refractivity contribution in [3.8, 4) is 11.5 Å². The van der Waals surface area contributed by atoms with E-state index in [0.29, 0.717) is 23.0 Å². The molecule has 0 saturated carbocycles. The van der Waals surface area contributed by atoms with Crippen molar-refractivity contribution in [2.24, 2.45) is 0 Å². The summed E-state index contributed by atoms with van der Waals surface area (Å²) in [6, 6.07) is 7.24. The average molecular weight is 328 g/mol. The molecular weight excluding hydrogens is 308 g/mol. The van der Waals surface area contributed by atoms with E-state index < -0.39 is 0 Å². The maximum absolute atomic E-state index is 12.9. The van der Waals surface area contributed by atoms with Gasteiger partial charge in [-0.3, -0.25) is 4.79 Å². The molecular formula is C18H20N2O4. The summed E-state index contributed by atoms with van der Waals surface area (Å²) in [6.07, 6.45) is 1.85. The van der Waals surface area contributed by atoms with Crippen LogP contribution in [-0.4, -0.2) is 29.3 Å². The molecule has 1 amide bonds. The van der Waals surface area contributed by atoms with E-state index in [4.69, 9.17) is 14.0 Å². The maximum Gasteiger partial charge on any atom is 0.254 e. The first-order valence-corrected chi connectivity index (χ1v) is 8.30. The minimum atomic E-state index is -0.0528. The molecule has 1 aromatic carbocycles. The van der Waals surface area contributed by atoms with E-state index in [2.05, 4.69) is 19.0 Å². The highest BCUT2D eigenvalue weighted by Gasteiger charge is 2.34. The highest BCUT2D eigenvalue weighted by atomic mass is 16.7. The van der Waals surface area contributed by atoms with Crippen molar-refractivity contribution in [1.29, 1.82) is 0 Å². The van der Waals surface area contributed by atoms with Crippen molar-refractivity contribution >= 4 is 5.91 Å². The lowest BCUT2D eigenvalue weighted by Gasteiger charge is -2.22. The van der Waals surface area contributed by atoms with Crippen molar-refractivity contribution in [3.05, 3.63) is 41.3 Å². The van der Waals surface area contributed by atoms with E-state index in [1.807, 2.05) is 11.0 Å². The summed E-state index contributed by atoms with van der Waals surface area (Å²) in [5, 5.41) is 4.12. The third kappa shape index (κ3) is 2.52. The van der Waals surface area contributed by atoms with Gasteiger partial charge < -0.3 is 18.9 Å². The number of carbonyl (C=O) groups excluding carboxylic acids is 1. The number of nitrogens with zero attached hydrogens (tertiary/aromatic N) is 2. The Bertz CT molecular complexity index is 768. The Labute approximate surface area is 140 Å². The predicted molar refractivity (Wildman–Crippen MR) is 86.2 cm³/mol. The van der Waals surface area contributed by atoms with Crippen LogP contribution < -0.4 is 9.47 Å². The largest absolute Gasteiger partial charge is 0.454 e. The Kier molecular flexibility index (Phi) is 3.67. The van der Waals surface area contributed by atoms with Crippen LogP contribution in [0.1, 0.15) is 60.5 Å². The monoisotopic (exact) mass is 328 g/mol. The lowest BCUT2D eigenvalue weighted by Crippen LogP contribution is -2.30. The Hall–Kier alpha value is -2.50. The van der Waals surface area contributed by atoms with E-state index in [0.717, 1.165) is 30.8 Å². The van der Waals surface area contributed by atoms with Crippen LogP contribution in [0, 0.1) is 0 Å². The number of amides is 1. The zero-order chi connectivity index (χ0) is 16.7. The highest BCUT2D eigenvalue weighted by molar-refractivity contribution is 5.95. The summed E-state index contributed by atoms with van der Waals surface area (Å²) in [5.74, 6) is 2.37. The fraction of sp³-hybridized carbons (Fsp3) is 0.444. The van der Waals surface area contributed by atoms with E-state index in [1.54, 1.807) is 18.2 Å². The summed E-state index contributed by atoms with van der Waals surface area (Å²) in [6.45, 7) is 5.07. The van der Waals surface area contributed by atoms with Crippen LogP contribution in [0.25, 0.3) is 0 Å². The second-order valence-corrected chi connectivity index (χ2v) is 6.53. The number of likely N-dealkylation sites (tertiary alicyclic amines) is 1. The minimum absolute atomic E-state index is 0.0155. The molecule has 2 aliphatic heterocycles. The van der Waals surface area contributed by atoms with Crippen molar-refractivity contribution in [2.45, 2.75) is 38.6 Å². The molecule has 1 aromatic heterocycles. The smallest absolute Gasteiger partial charge is 0.254 e. The standard InChI is InChI=1S/C18H20N2O4/c1-11(2)13-9-16(24-19-13)14-4-3-7-20(14)18(21)12-5-6-15-17(8-12)23-10-22-15/h5-6,8-9,11,14H,3-4,7,10H2,1-2H3/t14-/m0/s1.